The minimum atomic E-state index is -0.647. The van der Waals surface area contributed by atoms with E-state index in [1.54, 1.807) is 20.9 Å². The predicted molar refractivity (Wildman–Crippen MR) is 67.3 cm³/mol. The van der Waals surface area contributed by atoms with E-state index in [0.717, 1.165) is 0 Å². The van der Waals surface area contributed by atoms with Crippen molar-refractivity contribution in [1.29, 1.82) is 0 Å². The lowest BCUT2D eigenvalue weighted by molar-refractivity contribution is -0.131. The predicted octanol–water partition coefficient (Wildman–Crippen LogP) is 0.584. The van der Waals surface area contributed by atoms with Crippen LogP contribution in [0.2, 0.25) is 0 Å². The van der Waals surface area contributed by atoms with Crippen molar-refractivity contribution in [3.8, 4) is 0 Å². The fraction of sp³-hybridized carbons (Fsp3) is 0.500. The van der Waals surface area contributed by atoms with Gasteiger partial charge in [0.25, 0.3) is 5.91 Å². The average molecular weight is 267 g/mol. The number of hydrogen-bond donors (Lipinski definition) is 0. The van der Waals surface area contributed by atoms with Gasteiger partial charge in [0, 0.05) is 14.0 Å². The number of carbonyl (C=O) groups excluding carboxylic acids is 2. The van der Waals surface area contributed by atoms with Gasteiger partial charge in [-0.15, -0.1) is 5.10 Å². The van der Waals surface area contributed by atoms with E-state index in [-0.39, 0.29) is 17.5 Å². The summed E-state index contributed by atoms with van der Waals surface area (Å²) in [5, 5.41) is 9.82. The first kappa shape index (κ1) is 12.7. The third kappa shape index (κ3) is 2.03. The quantitative estimate of drug-likeness (QED) is 0.695. The highest BCUT2D eigenvalue weighted by Gasteiger charge is 2.38. The van der Waals surface area contributed by atoms with Gasteiger partial charge in [-0.25, -0.2) is 9.99 Å². The molecule has 0 aromatic carbocycles. The third-order valence-corrected chi connectivity index (χ3v) is 3.56. The van der Waals surface area contributed by atoms with Crippen molar-refractivity contribution in [3.05, 3.63) is 12.2 Å². The molecule has 18 heavy (non-hydrogen) atoms. The van der Waals surface area contributed by atoms with Crippen LogP contribution in [0, 0.1) is 0 Å². The monoisotopic (exact) mass is 267 g/mol. The molecule has 0 unspecified atom stereocenters. The number of rotatable bonds is 1. The zero-order chi connectivity index (χ0) is 13.5. The van der Waals surface area contributed by atoms with Crippen LogP contribution in [0.15, 0.2) is 11.4 Å². The Hall–Kier alpha value is -1.70. The summed E-state index contributed by atoms with van der Waals surface area (Å²) in [6.07, 6.45) is 1.29. The van der Waals surface area contributed by atoms with Crippen LogP contribution in [-0.2, 0) is 4.79 Å². The lowest BCUT2D eigenvalue weighted by atomic mass is 10.2. The van der Waals surface area contributed by atoms with E-state index in [1.807, 2.05) is 0 Å². The van der Waals surface area contributed by atoms with Crippen molar-refractivity contribution < 1.29 is 9.59 Å². The van der Waals surface area contributed by atoms with Gasteiger partial charge in [-0.1, -0.05) is 11.8 Å². The Balaban J connectivity index is 2.46. The molecular weight excluding hydrogens is 254 g/mol. The molecule has 0 radical (unpaired) electrons. The number of Topliss-reactive ketones (excluding diaryl/α,β-unsaturated/α-hetero) is 1. The molecule has 0 saturated carbocycles. The molecule has 2 rings (SSSR count). The number of ketones is 1. The van der Waals surface area contributed by atoms with E-state index < -0.39 is 4.75 Å². The van der Waals surface area contributed by atoms with E-state index in [4.69, 9.17) is 0 Å². The molecule has 1 aromatic heterocycles. The smallest absolute Gasteiger partial charge is 0.258 e. The van der Waals surface area contributed by atoms with Crippen molar-refractivity contribution in [2.45, 2.75) is 25.5 Å². The molecule has 0 saturated heterocycles. The summed E-state index contributed by atoms with van der Waals surface area (Å²) >= 11 is 1.26. The first-order valence-corrected chi connectivity index (χ1v) is 6.11. The lowest BCUT2D eigenvalue weighted by Crippen LogP contribution is -2.44. The number of hydrogen-bond acceptors (Lipinski definition) is 6. The van der Waals surface area contributed by atoms with Crippen LogP contribution in [0.25, 0.3) is 0 Å². The largest absolute Gasteiger partial charge is 0.291 e. The highest BCUT2D eigenvalue weighted by atomic mass is 32.2. The highest BCUT2D eigenvalue weighted by Crippen LogP contribution is 2.32. The summed E-state index contributed by atoms with van der Waals surface area (Å²) in [6, 6.07) is 0. The van der Waals surface area contributed by atoms with Gasteiger partial charge in [0.05, 0.1) is 4.75 Å². The second-order valence-electron chi connectivity index (χ2n) is 4.38. The minimum absolute atomic E-state index is 0.0965. The van der Waals surface area contributed by atoms with Gasteiger partial charge in [-0.3, -0.25) is 9.59 Å². The molecule has 0 fully saturated rings. The number of thioether (sulfide) groups is 1. The summed E-state index contributed by atoms with van der Waals surface area (Å²) < 4.78 is 0.712. The van der Waals surface area contributed by atoms with E-state index >= 15 is 0 Å². The van der Waals surface area contributed by atoms with Crippen molar-refractivity contribution >= 4 is 28.6 Å². The van der Waals surface area contributed by atoms with Gasteiger partial charge in [-0.05, 0) is 13.8 Å². The fourth-order valence-electron chi connectivity index (χ4n) is 1.56. The highest BCUT2D eigenvalue weighted by molar-refractivity contribution is 8.15. The van der Waals surface area contributed by atoms with E-state index in [2.05, 4.69) is 15.2 Å². The standard InChI is InChI=1S/C10H13N5O2S/c1-6(16)7-11-5-12-15(7)9-13-14(4)8(17)10(2,3)18-9/h5H,1-4H3. The van der Waals surface area contributed by atoms with Gasteiger partial charge in [0.1, 0.15) is 6.33 Å². The molecule has 1 aromatic rings. The van der Waals surface area contributed by atoms with Gasteiger partial charge in [0.15, 0.2) is 5.78 Å². The van der Waals surface area contributed by atoms with E-state index in [1.165, 1.54) is 34.7 Å². The normalized spacial score (nSPS) is 18.8. The lowest BCUT2D eigenvalue weighted by Gasteiger charge is -2.31. The maximum atomic E-state index is 11.9. The number of nitrogens with zero attached hydrogens (tertiary/aromatic N) is 5. The molecule has 2 heterocycles. The minimum Gasteiger partial charge on any atom is -0.291 e. The molecular formula is C10H13N5O2S. The summed E-state index contributed by atoms with van der Waals surface area (Å²) in [4.78, 5) is 27.2. The zero-order valence-corrected chi connectivity index (χ0v) is 11.4. The molecule has 0 bridgehead atoms. The first-order chi connectivity index (χ1) is 8.33. The average Bonchev–Trinajstić information content (AvgIpc) is 2.73. The van der Waals surface area contributed by atoms with Crippen LogP contribution in [0.4, 0.5) is 0 Å². The van der Waals surface area contributed by atoms with Gasteiger partial charge >= 0.3 is 0 Å². The zero-order valence-electron chi connectivity index (χ0n) is 10.5. The Morgan fingerprint density at radius 2 is 2.11 bits per heavy atom. The summed E-state index contributed by atoms with van der Waals surface area (Å²) in [5.41, 5.74) is 0. The Morgan fingerprint density at radius 3 is 2.67 bits per heavy atom. The number of amides is 1. The van der Waals surface area contributed by atoms with Crippen molar-refractivity contribution in [3.63, 3.8) is 0 Å². The maximum absolute atomic E-state index is 11.9. The molecule has 8 heteroatoms. The molecule has 1 aliphatic rings. The van der Waals surface area contributed by atoms with Crippen molar-refractivity contribution in [2.75, 3.05) is 7.05 Å². The second kappa shape index (κ2) is 4.20. The molecule has 7 nitrogen and oxygen atoms in total. The van der Waals surface area contributed by atoms with Crippen molar-refractivity contribution in [1.82, 2.24) is 19.8 Å². The van der Waals surface area contributed by atoms with Crippen LogP contribution in [0.1, 0.15) is 31.4 Å². The van der Waals surface area contributed by atoms with Gasteiger partial charge in [0.2, 0.25) is 11.0 Å². The number of aromatic nitrogens is 3. The Labute approximate surface area is 108 Å². The first-order valence-electron chi connectivity index (χ1n) is 5.30. The molecule has 0 N–H and O–H groups in total. The Bertz CT molecular complexity index is 548. The van der Waals surface area contributed by atoms with Crippen LogP contribution in [0.3, 0.4) is 0 Å². The summed E-state index contributed by atoms with van der Waals surface area (Å²) in [6.45, 7) is 5.01. The van der Waals surface area contributed by atoms with Crippen LogP contribution < -0.4 is 0 Å². The van der Waals surface area contributed by atoms with E-state index in [9.17, 15) is 9.59 Å². The summed E-state index contributed by atoms with van der Waals surface area (Å²) in [7, 11) is 1.58. The topological polar surface area (TPSA) is 80.5 Å². The summed E-state index contributed by atoms with van der Waals surface area (Å²) in [5.74, 6) is -0.0892. The SMILES string of the molecule is CC(=O)c1ncnn1C1=NN(C)C(=O)C(C)(C)S1. The van der Waals surface area contributed by atoms with Crippen LogP contribution >= 0.6 is 11.8 Å². The maximum Gasteiger partial charge on any atom is 0.258 e. The second-order valence-corrected chi connectivity index (χ2v) is 5.97. The fourth-order valence-corrected chi connectivity index (χ4v) is 2.62. The number of carbonyl (C=O) groups is 2. The Kier molecular flexibility index (Phi) is 2.97. The van der Waals surface area contributed by atoms with Gasteiger partial charge in [-0.2, -0.15) is 9.78 Å². The van der Waals surface area contributed by atoms with Crippen LogP contribution in [0.5, 0.6) is 0 Å². The molecule has 0 atom stereocenters. The van der Waals surface area contributed by atoms with E-state index in [0.29, 0.717) is 5.17 Å². The number of hydrazone groups is 1. The van der Waals surface area contributed by atoms with Gasteiger partial charge < -0.3 is 0 Å². The third-order valence-electron chi connectivity index (χ3n) is 2.43. The molecule has 1 aliphatic heterocycles. The molecule has 96 valence electrons. The molecule has 0 aliphatic carbocycles. The Morgan fingerprint density at radius 1 is 1.44 bits per heavy atom. The molecule has 1 amide bonds. The van der Waals surface area contributed by atoms with Crippen molar-refractivity contribution in [2.24, 2.45) is 5.10 Å². The van der Waals surface area contributed by atoms with Crippen LogP contribution in [-0.4, -0.2) is 48.4 Å². The molecule has 0 spiro atoms.